The summed E-state index contributed by atoms with van der Waals surface area (Å²) in [6, 6.07) is 7.10. The summed E-state index contributed by atoms with van der Waals surface area (Å²) in [6.07, 6.45) is 12.4. The first-order chi connectivity index (χ1) is 11.3. The number of aliphatic hydroxyl groups is 1. The van der Waals surface area contributed by atoms with Gasteiger partial charge >= 0.3 is 0 Å². The van der Waals surface area contributed by atoms with Crippen molar-refractivity contribution in [1.82, 2.24) is 0 Å². The molecule has 0 bridgehead atoms. The number of hydrogen-bond acceptors (Lipinski definition) is 2. The quantitative estimate of drug-likeness (QED) is 0.621. The van der Waals surface area contributed by atoms with E-state index in [-0.39, 0.29) is 0 Å². The molecule has 0 saturated carbocycles. The van der Waals surface area contributed by atoms with Crippen molar-refractivity contribution in [2.75, 3.05) is 13.2 Å². The van der Waals surface area contributed by atoms with E-state index in [1.165, 1.54) is 50.5 Å². The van der Waals surface area contributed by atoms with Crippen molar-refractivity contribution in [3.8, 4) is 0 Å². The van der Waals surface area contributed by atoms with Crippen molar-refractivity contribution in [3.63, 3.8) is 0 Å². The van der Waals surface area contributed by atoms with Gasteiger partial charge in [-0.15, -0.1) is 0 Å². The molecular weight excluding hydrogens is 282 g/mol. The van der Waals surface area contributed by atoms with Crippen LogP contribution in [0.4, 0.5) is 0 Å². The van der Waals surface area contributed by atoms with Gasteiger partial charge < -0.3 is 10.8 Å². The minimum Gasteiger partial charge on any atom is -0.396 e. The zero-order chi connectivity index (χ0) is 16.5. The number of fused-ring (bicyclic) bond motifs is 1. The van der Waals surface area contributed by atoms with Crippen LogP contribution in [0.1, 0.15) is 80.9 Å². The van der Waals surface area contributed by atoms with E-state index in [9.17, 15) is 0 Å². The van der Waals surface area contributed by atoms with Crippen molar-refractivity contribution in [3.05, 3.63) is 34.9 Å². The van der Waals surface area contributed by atoms with Crippen LogP contribution in [0.5, 0.6) is 0 Å². The summed E-state index contributed by atoms with van der Waals surface area (Å²) in [6.45, 7) is 3.29. The van der Waals surface area contributed by atoms with Crippen molar-refractivity contribution in [1.29, 1.82) is 0 Å². The molecular formula is C21H35NO. The average Bonchev–Trinajstić information content (AvgIpc) is 2.59. The van der Waals surface area contributed by atoms with Crippen molar-refractivity contribution >= 4 is 0 Å². The Morgan fingerprint density at radius 3 is 2.78 bits per heavy atom. The molecule has 0 spiro atoms. The highest BCUT2D eigenvalue weighted by molar-refractivity contribution is 5.36. The molecule has 0 fully saturated rings. The molecule has 130 valence electrons. The third-order valence-electron chi connectivity index (χ3n) is 5.49. The molecule has 0 heterocycles. The SMILES string of the molecule is CCCCCC1CCc2cc([C@H](CN)CCCCO)ccc2C1. The van der Waals surface area contributed by atoms with Crippen LogP contribution in [0.3, 0.4) is 0 Å². The molecule has 1 aliphatic carbocycles. The molecule has 0 aliphatic heterocycles. The summed E-state index contributed by atoms with van der Waals surface area (Å²) >= 11 is 0. The first kappa shape index (κ1) is 18.5. The first-order valence-corrected chi connectivity index (χ1v) is 9.71. The van der Waals surface area contributed by atoms with E-state index in [0.29, 0.717) is 19.1 Å². The zero-order valence-electron chi connectivity index (χ0n) is 14.9. The van der Waals surface area contributed by atoms with E-state index in [4.69, 9.17) is 10.8 Å². The van der Waals surface area contributed by atoms with Crippen LogP contribution in [-0.4, -0.2) is 18.3 Å². The minimum absolute atomic E-state index is 0.293. The molecule has 2 heteroatoms. The predicted octanol–water partition coefficient (Wildman–Crippen LogP) is 4.58. The van der Waals surface area contributed by atoms with Gasteiger partial charge in [-0.3, -0.25) is 0 Å². The van der Waals surface area contributed by atoms with Gasteiger partial charge in [0.05, 0.1) is 0 Å². The predicted molar refractivity (Wildman–Crippen MR) is 98.8 cm³/mol. The standard InChI is InChI=1S/C21H35NO/c1-2-3-4-7-17-9-10-19-15-20(12-11-18(19)14-17)21(16-22)8-5-6-13-23/h11-12,15,17,21,23H,2-10,13-14,16,22H2,1H3/t17?,21-/m0/s1. The van der Waals surface area contributed by atoms with Gasteiger partial charge in [-0.25, -0.2) is 0 Å². The number of unbranched alkanes of at least 4 members (excludes halogenated alkanes) is 3. The lowest BCUT2D eigenvalue weighted by atomic mass is 9.79. The Balaban J connectivity index is 1.94. The fourth-order valence-electron chi connectivity index (χ4n) is 3.96. The van der Waals surface area contributed by atoms with Crippen LogP contribution < -0.4 is 5.73 Å². The second-order valence-electron chi connectivity index (χ2n) is 7.28. The van der Waals surface area contributed by atoms with E-state index in [0.717, 1.165) is 25.2 Å². The van der Waals surface area contributed by atoms with Crippen LogP contribution in [0.2, 0.25) is 0 Å². The normalized spacial score (nSPS) is 18.7. The summed E-state index contributed by atoms with van der Waals surface area (Å²) in [7, 11) is 0. The fourth-order valence-corrected chi connectivity index (χ4v) is 3.96. The minimum atomic E-state index is 0.293. The Bertz CT molecular complexity index is 457. The Labute approximate surface area is 142 Å². The maximum absolute atomic E-state index is 8.95. The number of rotatable bonds is 10. The average molecular weight is 318 g/mol. The maximum Gasteiger partial charge on any atom is 0.0431 e. The number of hydrogen-bond donors (Lipinski definition) is 2. The molecule has 0 aromatic heterocycles. The molecule has 0 radical (unpaired) electrons. The smallest absolute Gasteiger partial charge is 0.0431 e. The van der Waals surface area contributed by atoms with Gasteiger partial charge in [0.1, 0.15) is 0 Å². The molecule has 0 amide bonds. The van der Waals surface area contributed by atoms with Crippen LogP contribution in [0.25, 0.3) is 0 Å². The van der Waals surface area contributed by atoms with Gasteiger partial charge in [0, 0.05) is 6.61 Å². The van der Waals surface area contributed by atoms with Crippen LogP contribution in [0, 0.1) is 5.92 Å². The van der Waals surface area contributed by atoms with E-state index in [1.807, 2.05) is 0 Å². The molecule has 2 atom stereocenters. The largest absolute Gasteiger partial charge is 0.396 e. The van der Waals surface area contributed by atoms with Crippen molar-refractivity contribution in [2.24, 2.45) is 11.7 Å². The molecule has 23 heavy (non-hydrogen) atoms. The van der Waals surface area contributed by atoms with Crippen molar-refractivity contribution in [2.45, 2.75) is 77.0 Å². The summed E-state index contributed by atoms with van der Waals surface area (Å²) in [5.74, 6) is 1.35. The van der Waals surface area contributed by atoms with Crippen LogP contribution in [-0.2, 0) is 12.8 Å². The van der Waals surface area contributed by atoms with Gasteiger partial charge in [-0.05, 0) is 67.2 Å². The van der Waals surface area contributed by atoms with E-state index >= 15 is 0 Å². The highest BCUT2D eigenvalue weighted by Crippen LogP contribution is 2.32. The molecule has 1 unspecified atom stereocenters. The van der Waals surface area contributed by atoms with E-state index in [1.54, 1.807) is 11.1 Å². The third kappa shape index (κ3) is 5.61. The summed E-state index contributed by atoms with van der Waals surface area (Å²) in [5, 5.41) is 8.95. The molecule has 3 N–H and O–H groups in total. The lowest BCUT2D eigenvalue weighted by Gasteiger charge is -2.26. The Hall–Kier alpha value is -0.860. The third-order valence-corrected chi connectivity index (χ3v) is 5.49. The molecule has 1 aliphatic rings. The second-order valence-corrected chi connectivity index (χ2v) is 7.28. The Morgan fingerprint density at radius 2 is 2.04 bits per heavy atom. The van der Waals surface area contributed by atoms with Crippen molar-refractivity contribution < 1.29 is 5.11 Å². The van der Waals surface area contributed by atoms with E-state index in [2.05, 4.69) is 25.1 Å². The van der Waals surface area contributed by atoms with E-state index < -0.39 is 0 Å². The highest BCUT2D eigenvalue weighted by atomic mass is 16.2. The van der Waals surface area contributed by atoms with Gasteiger partial charge in [-0.2, -0.15) is 0 Å². The Kier molecular flexibility index (Phi) is 8.11. The number of aliphatic hydroxyl groups excluding tert-OH is 1. The second kappa shape index (κ2) is 10.1. The van der Waals surface area contributed by atoms with Gasteiger partial charge in [-0.1, -0.05) is 57.2 Å². The summed E-state index contributed by atoms with van der Waals surface area (Å²) in [5.41, 5.74) is 10.5. The Morgan fingerprint density at radius 1 is 1.17 bits per heavy atom. The lowest BCUT2D eigenvalue weighted by molar-refractivity contribution is 0.281. The maximum atomic E-state index is 8.95. The molecule has 2 nitrogen and oxygen atoms in total. The van der Waals surface area contributed by atoms with Gasteiger partial charge in [0.25, 0.3) is 0 Å². The monoisotopic (exact) mass is 317 g/mol. The first-order valence-electron chi connectivity index (χ1n) is 9.71. The van der Waals surface area contributed by atoms with Gasteiger partial charge in [0.15, 0.2) is 0 Å². The topological polar surface area (TPSA) is 46.2 Å². The lowest BCUT2D eigenvalue weighted by Crippen LogP contribution is -2.17. The summed E-state index contributed by atoms with van der Waals surface area (Å²) < 4.78 is 0. The number of nitrogens with two attached hydrogens (primary N) is 1. The zero-order valence-corrected chi connectivity index (χ0v) is 14.9. The van der Waals surface area contributed by atoms with Gasteiger partial charge in [0.2, 0.25) is 0 Å². The highest BCUT2D eigenvalue weighted by Gasteiger charge is 2.20. The van der Waals surface area contributed by atoms with Crippen LogP contribution >= 0.6 is 0 Å². The number of benzene rings is 1. The molecule has 1 aromatic carbocycles. The molecule has 2 rings (SSSR count). The fraction of sp³-hybridized carbons (Fsp3) is 0.714. The molecule has 0 saturated heterocycles. The summed E-state index contributed by atoms with van der Waals surface area (Å²) in [4.78, 5) is 0. The molecule has 1 aromatic rings. The van der Waals surface area contributed by atoms with Crippen LogP contribution in [0.15, 0.2) is 18.2 Å². The number of aryl methyl sites for hydroxylation is 1.